The molecule has 1 rings (SSSR count). The van der Waals surface area contributed by atoms with E-state index in [4.69, 9.17) is 0 Å². The third-order valence-electron chi connectivity index (χ3n) is 2.35. The van der Waals surface area contributed by atoms with Crippen molar-refractivity contribution in [3.8, 4) is 0 Å². The fourth-order valence-corrected chi connectivity index (χ4v) is 1.37. The first-order chi connectivity index (χ1) is 8.38. The van der Waals surface area contributed by atoms with E-state index in [2.05, 4.69) is 5.32 Å². The van der Waals surface area contributed by atoms with Gasteiger partial charge in [0.25, 0.3) is 0 Å². The van der Waals surface area contributed by atoms with Gasteiger partial charge in [0, 0.05) is 6.04 Å². The third kappa shape index (κ3) is 5.67. The second-order valence-corrected chi connectivity index (χ2v) is 3.91. The summed E-state index contributed by atoms with van der Waals surface area (Å²) in [6, 6.07) is 9.25. The van der Waals surface area contributed by atoms with Gasteiger partial charge in [0.2, 0.25) is 5.91 Å². The fraction of sp³-hybridized carbons (Fsp3) is 0.417. The average molecular weight is 260 g/mol. The van der Waals surface area contributed by atoms with Crippen LogP contribution in [-0.2, 0) is 4.79 Å². The molecule has 0 spiro atoms. The van der Waals surface area contributed by atoms with Crippen molar-refractivity contribution >= 4 is 5.91 Å². The van der Waals surface area contributed by atoms with E-state index in [1.165, 1.54) is 0 Å². The Morgan fingerprint density at radius 3 is 2.44 bits per heavy atom. The van der Waals surface area contributed by atoms with Crippen LogP contribution in [-0.4, -0.2) is 25.2 Å². The van der Waals surface area contributed by atoms with Crippen LogP contribution < -0.4 is 10.6 Å². The lowest BCUT2D eigenvalue weighted by atomic mass is 10.1. The Kier molecular flexibility index (Phi) is 5.15. The van der Waals surface area contributed by atoms with E-state index in [-0.39, 0.29) is 12.6 Å². The molecule has 18 heavy (non-hydrogen) atoms. The molecule has 1 aromatic rings. The lowest BCUT2D eigenvalue weighted by Gasteiger charge is -2.14. The van der Waals surface area contributed by atoms with Gasteiger partial charge in [-0.1, -0.05) is 30.3 Å². The summed E-state index contributed by atoms with van der Waals surface area (Å²) in [6.07, 6.45) is -4.37. The van der Waals surface area contributed by atoms with E-state index in [0.29, 0.717) is 0 Å². The molecule has 0 bridgehead atoms. The maximum absolute atomic E-state index is 11.8. The van der Waals surface area contributed by atoms with Gasteiger partial charge in [0.05, 0.1) is 6.54 Å². The topological polar surface area (TPSA) is 41.1 Å². The summed E-state index contributed by atoms with van der Waals surface area (Å²) < 4.78 is 35.5. The van der Waals surface area contributed by atoms with Gasteiger partial charge in [-0.3, -0.25) is 4.79 Å². The van der Waals surface area contributed by atoms with Crippen molar-refractivity contribution in [1.29, 1.82) is 0 Å². The molecule has 3 nitrogen and oxygen atoms in total. The lowest BCUT2D eigenvalue weighted by Crippen LogP contribution is -2.39. The molecule has 0 saturated heterocycles. The van der Waals surface area contributed by atoms with Gasteiger partial charge >= 0.3 is 6.18 Å². The lowest BCUT2D eigenvalue weighted by molar-refractivity contribution is -0.137. The second-order valence-electron chi connectivity index (χ2n) is 3.91. The molecular weight excluding hydrogens is 245 g/mol. The van der Waals surface area contributed by atoms with E-state index in [0.717, 1.165) is 5.56 Å². The van der Waals surface area contributed by atoms with Crippen molar-refractivity contribution in [3.05, 3.63) is 35.9 Å². The summed E-state index contributed by atoms with van der Waals surface area (Å²) >= 11 is 0. The largest absolute Gasteiger partial charge is 0.405 e. The summed E-state index contributed by atoms with van der Waals surface area (Å²) in [4.78, 5) is 11.2. The molecule has 0 aromatic heterocycles. The van der Waals surface area contributed by atoms with E-state index >= 15 is 0 Å². The summed E-state index contributed by atoms with van der Waals surface area (Å²) in [6.45, 7) is 0.395. The molecule has 100 valence electrons. The van der Waals surface area contributed by atoms with Gasteiger partial charge in [0.1, 0.15) is 6.54 Å². The number of carbonyl (C=O) groups excluding carboxylic acids is 1. The molecule has 1 aromatic carbocycles. The minimum Gasteiger partial charge on any atom is -0.346 e. The molecule has 0 saturated carbocycles. The van der Waals surface area contributed by atoms with Crippen molar-refractivity contribution < 1.29 is 18.0 Å². The Balaban J connectivity index is 2.31. The van der Waals surface area contributed by atoms with Gasteiger partial charge in [0.15, 0.2) is 0 Å². The molecule has 0 aliphatic rings. The van der Waals surface area contributed by atoms with Crippen LogP contribution in [0.5, 0.6) is 0 Å². The van der Waals surface area contributed by atoms with Crippen LogP contribution in [0.4, 0.5) is 13.2 Å². The number of nitrogens with one attached hydrogen (secondary N) is 2. The smallest absolute Gasteiger partial charge is 0.346 e. The van der Waals surface area contributed by atoms with Crippen molar-refractivity contribution in [2.24, 2.45) is 0 Å². The molecule has 6 heteroatoms. The van der Waals surface area contributed by atoms with Crippen LogP contribution in [0.1, 0.15) is 18.5 Å². The molecule has 0 aliphatic heterocycles. The van der Waals surface area contributed by atoms with E-state index in [1.807, 2.05) is 37.3 Å². The molecule has 0 unspecified atom stereocenters. The van der Waals surface area contributed by atoms with Crippen LogP contribution in [0.25, 0.3) is 0 Å². The summed E-state index contributed by atoms with van der Waals surface area (Å²) in [5, 5.41) is 4.66. The molecule has 0 heterocycles. The Morgan fingerprint density at radius 1 is 1.28 bits per heavy atom. The number of alkyl halides is 3. The Hall–Kier alpha value is -1.56. The van der Waals surface area contributed by atoms with Crippen LogP contribution in [0.15, 0.2) is 30.3 Å². The van der Waals surface area contributed by atoms with Crippen LogP contribution in [0, 0.1) is 0 Å². The second kappa shape index (κ2) is 6.39. The SMILES string of the molecule is C[C@H](NCC(=O)NCC(F)(F)F)c1ccccc1. The highest BCUT2D eigenvalue weighted by molar-refractivity contribution is 5.78. The van der Waals surface area contributed by atoms with Crippen molar-refractivity contribution in [2.75, 3.05) is 13.1 Å². The zero-order chi connectivity index (χ0) is 13.6. The van der Waals surface area contributed by atoms with Crippen molar-refractivity contribution in [2.45, 2.75) is 19.1 Å². The van der Waals surface area contributed by atoms with Crippen molar-refractivity contribution in [3.63, 3.8) is 0 Å². The first kappa shape index (κ1) is 14.5. The quantitative estimate of drug-likeness (QED) is 0.850. The molecule has 1 atom stereocenters. The molecule has 1 amide bonds. The molecular formula is C12H15F3N2O. The molecule has 0 aliphatic carbocycles. The zero-order valence-corrected chi connectivity index (χ0v) is 9.92. The predicted octanol–water partition coefficient (Wildman–Crippen LogP) is 2.02. The van der Waals surface area contributed by atoms with E-state index in [1.54, 1.807) is 5.32 Å². The van der Waals surface area contributed by atoms with Gasteiger partial charge < -0.3 is 10.6 Å². The molecule has 2 N–H and O–H groups in total. The first-order valence-corrected chi connectivity index (χ1v) is 5.50. The highest BCUT2D eigenvalue weighted by Crippen LogP contribution is 2.12. The van der Waals surface area contributed by atoms with Crippen LogP contribution in [0.3, 0.4) is 0 Å². The summed E-state index contributed by atoms with van der Waals surface area (Å²) in [5.74, 6) is -0.671. The van der Waals surface area contributed by atoms with E-state index in [9.17, 15) is 18.0 Å². The van der Waals surface area contributed by atoms with Gasteiger partial charge in [-0.15, -0.1) is 0 Å². The highest BCUT2D eigenvalue weighted by atomic mass is 19.4. The first-order valence-electron chi connectivity index (χ1n) is 5.50. The Morgan fingerprint density at radius 2 is 1.89 bits per heavy atom. The van der Waals surface area contributed by atoms with Gasteiger partial charge in [-0.05, 0) is 12.5 Å². The summed E-state index contributed by atoms with van der Waals surface area (Å²) in [7, 11) is 0. The normalized spacial score (nSPS) is 13.1. The number of hydrogen-bond acceptors (Lipinski definition) is 2. The van der Waals surface area contributed by atoms with Gasteiger partial charge in [-0.2, -0.15) is 13.2 Å². The summed E-state index contributed by atoms with van der Waals surface area (Å²) in [5.41, 5.74) is 0.973. The minimum absolute atomic E-state index is 0.0946. The zero-order valence-electron chi connectivity index (χ0n) is 9.92. The maximum atomic E-state index is 11.8. The Bertz CT molecular complexity index is 379. The maximum Gasteiger partial charge on any atom is 0.405 e. The van der Waals surface area contributed by atoms with Crippen LogP contribution in [0.2, 0.25) is 0 Å². The Labute approximate surface area is 103 Å². The number of halogens is 3. The monoisotopic (exact) mass is 260 g/mol. The standard InChI is InChI=1S/C12H15F3N2O/c1-9(10-5-3-2-4-6-10)16-7-11(18)17-8-12(13,14)15/h2-6,9,16H,7-8H2,1H3,(H,17,18)/t9-/m0/s1. The van der Waals surface area contributed by atoms with Gasteiger partial charge in [-0.25, -0.2) is 0 Å². The van der Waals surface area contributed by atoms with Crippen molar-refractivity contribution in [1.82, 2.24) is 10.6 Å². The number of rotatable bonds is 5. The minimum atomic E-state index is -4.37. The third-order valence-corrected chi connectivity index (χ3v) is 2.35. The van der Waals surface area contributed by atoms with Crippen LogP contribution >= 0.6 is 0 Å². The highest BCUT2D eigenvalue weighted by Gasteiger charge is 2.27. The number of carbonyl (C=O) groups is 1. The average Bonchev–Trinajstić information content (AvgIpc) is 2.33. The number of amides is 1. The number of hydrogen-bond donors (Lipinski definition) is 2. The number of benzene rings is 1. The molecule has 0 fully saturated rings. The predicted molar refractivity (Wildman–Crippen MR) is 61.9 cm³/mol. The molecule has 0 radical (unpaired) electrons. The van der Waals surface area contributed by atoms with E-state index < -0.39 is 18.6 Å². The fourth-order valence-electron chi connectivity index (χ4n) is 1.37.